The van der Waals surface area contributed by atoms with E-state index in [1.165, 1.54) is 12.5 Å². The van der Waals surface area contributed by atoms with E-state index in [4.69, 9.17) is 4.42 Å². The maximum absolute atomic E-state index is 12.6. The summed E-state index contributed by atoms with van der Waals surface area (Å²) in [7, 11) is 0. The lowest BCUT2D eigenvalue weighted by molar-refractivity contribution is -0.137. The average molecular weight is 378 g/mol. The quantitative estimate of drug-likeness (QED) is 0.635. The molecule has 7 nitrogen and oxygen atoms in total. The third-order valence-electron chi connectivity index (χ3n) is 3.58. The van der Waals surface area contributed by atoms with Gasteiger partial charge >= 0.3 is 6.18 Å². The van der Waals surface area contributed by atoms with Crippen molar-refractivity contribution in [3.8, 4) is 0 Å². The second-order valence-electron chi connectivity index (χ2n) is 5.44. The van der Waals surface area contributed by atoms with Gasteiger partial charge < -0.3 is 15.1 Å². The third-order valence-corrected chi connectivity index (χ3v) is 3.58. The number of rotatable bonds is 5. The van der Waals surface area contributed by atoms with Gasteiger partial charge in [-0.3, -0.25) is 14.7 Å². The van der Waals surface area contributed by atoms with E-state index in [0.717, 1.165) is 24.3 Å². The number of aromatic amines is 1. The molecule has 140 valence electrons. The van der Waals surface area contributed by atoms with E-state index < -0.39 is 23.6 Å². The zero-order valence-corrected chi connectivity index (χ0v) is 13.6. The van der Waals surface area contributed by atoms with Crippen LogP contribution in [0.5, 0.6) is 0 Å². The topological polar surface area (TPSA) is 100 Å². The number of carbonyl (C=O) groups is 2. The molecule has 2 aromatic heterocycles. The van der Waals surface area contributed by atoms with Crippen LogP contribution < -0.4 is 10.6 Å². The molecule has 0 bridgehead atoms. The van der Waals surface area contributed by atoms with Gasteiger partial charge in [0.25, 0.3) is 11.8 Å². The number of hydrogen-bond acceptors (Lipinski definition) is 4. The Kier molecular flexibility index (Phi) is 4.97. The zero-order chi connectivity index (χ0) is 19.4. The standard InChI is InChI=1S/C17H13F3N4O3/c18-17(19,20)11-5-3-10(4-6-11)15(25)23-13-9-22-24-14(13)16(26)21-8-12-2-1-7-27-12/h1-7,9H,8H2,(H,21,26)(H,22,24)(H,23,25). The fraction of sp³-hybridized carbons (Fsp3) is 0.118. The van der Waals surface area contributed by atoms with Crippen molar-refractivity contribution in [2.45, 2.75) is 12.7 Å². The van der Waals surface area contributed by atoms with E-state index in [1.54, 1.807) is 12.1 Å². The predicted octanol–water partition coefficient (Wildman–Crippen LogP) is 3.20. The summed E-state index contributed by atoms with van der Waals surface area (Å²) < 4.78 is 42.8. The second-order valence-corrected chi connectivity index (χ2v) is 5.44. The Hall–Kier alpha value is -3.56. The number of aromatic nitrogens is 2. The van der Waals surface area contributed by atoms with Crippen molar-refractivity contribution in [1.29, 1.82) is 0 Å². The lowest BCUT2D eigenvalue weighted by Gasteiger charge is -2.08. The maximum Gasteiger partial charge on any atom is 0.416 e. The number of anilines is 1. The molecule has 0 unspecified atom stereocenters. The Labute approximate surface area is 150 Å². The number of alkyl halides is 3. The van der Waals surface area contributed by atoms with Gasteiger partial charge in [0.2, 0.25) is 0 Å². The van der Waals surface area contributed by atoms with Crippen molar-refractivity contribution in [1.82, 2.24) is 15.5 Å². The summed E-state index contributed by atoms with van der Waals surface area (Å²) in [5, 5.41) is 11.3. The molecule has 0 spiro atoms. The second kappa shape index (κ2) is 7.36. The monoisotopic (exact) mass is 378 g/mol. The lowest BCUT2D eigenvalue weighted by Crippen LogP contribution is -2.24. The minimum atomic E-state index is -4.49. The molecule has 1 aromatic carbocycles. The van der Waals surface area contributed by atoms with Gasteiger partial charge in [0.15, 0.2) is 5.69 Å². The van der Waals surface area contributed by atoms with E-state index in [9.17, 15) is 22.8 Å². The van der Waals surface area contributed by atoms with Crippen molar-refractivity contribution in [3.05, 3.63) is 71.4 Å². The van der Waals surface area contributed by atoms with E-state index in [-0.39, 0.29) is 23.5 Å². The number of furan rings is 1. The Morgan fingerprint density at radius 2 is 1.85 bits per heavy atom. The number of H-pyrrole nitrogens is 1. The van der Waals surface area contributed by atoms with E-state index in [0.29, 0.717) is 5.76 Å². The summed E-state index contributed by atoms with van der Waals surface area (Å²) >= 11 is 0. The zero-order valence-electron chi connectivity index (χ0n) is 13.6. The van der Waals surface area contributed by atoms with Crippen LogP contribution in [0.25, 0.3) is 0 Å². The number of nitrogens with zero attached hydrogens (tertiary/aromatic N) is 1. The number of carbonyl (C=O) groups excluding carboxylic acids is 2. The summed E-state index contributed by atoms with van der Waals surface area (Å²) in [6.45, 7) is 0.130. The minimum Gasteiger partial charge on any atom is -0.467 e. The van der Waals surface area contributed by atoms with Crippen LogP contribution in [0.3, 0.4) is 0 Å². The van der Waals surface area contributed by atoms with Crippen LogP contribution in [0.2, 0.25) is 0 Å². The molecule has 0 fully saturated rings. The largest absolute Gasteiger partial charge is 0.467 e. The molecule has 0 aliphatic carbocycles. The van der Waals surface area contributed by atoms with Gasteiger partial charge in [-0.1, -0.05) is 0 Å². The van der Waals surface area contributed by atoms with E-state index in [1.807, 2.05) is 0 Å². The van der Waals surface area contributed by atoms with Crippen LogP contribution in [0, 0.1) is 0 Å². The van der Waals surface area contributed by atoms with Gasteiger partial charge in [0.05, 0.1) is 24.1 Å². The molecule has 3 N–H and O–H groups in total. The highest BCUT2D eigenvalue weighted by molar-refractivity contribution is 6.08. The molecule has 10 heteroatoms. The number of amides is 2. The highest BCUT2D eigenvalue weighted by Crippen LogP contribution is 2.29. The molecule has 0 aliphatic heterocycles. The number of hydrogen-bond donors (Lipinski definition) is 3. The molecule has 2 heterocycles. The molecule has 0 saturated heterocycles. The molecule has 3 rings (SSSR count). The van der Waals surface area contributed by atoms with Crippen LogP contribution in [0.1, 0.15) is 32.2 Å². The number of nitrogens with one attached hydrogen (secondary N) is 3. The Morgan fingerprint density at radius 3 is 2.48 bits per heavy atom. The van der Waals surface area contributed by atoms with Crippen LogP contribution >= 0.6 is 0 Å². The van der Waals surface area contributed by atoms with Gasteiger partial charge in [-0.05, 0) is 36.4 Å². The molecule has 2 amide bonds. The average Bonchev–Trinajstić information content (AvgIpc) is 3.31. The SMILES string of the molecule is O=C(Nc1c[nH]nc1C(=O)NCc1ccco1)c1ccc(C(F)(F)F)cc1. The summed E-state index contributed by atoms with van der Waals surface area (Å²) in [5.41, 5.74) is -0.829. The van der Waals surface area contributed by atoms with Crippen molar-refractivity contribution in [3.63, 3.8) is 0 Å². The molecule has 0 atom stereocenters. The first-order valence-electron chi connectivity index (χ1n) is 7.67. The Bertz CT molecular complexity index is 931. The third kappa shape index (κ3) is 4.35. The smallest absolute Gasteiger partial charge is 0.416 e. The highest BCUT2D eigenvalue weighted by Gasteiger charge is 2.30. The van der Waals surface area contributed by atoms with Gasteiger partial charge in [0.1, 0.15) is 5.76 Å². The molecular formula is C17H13F3N4O3. The van der Waals surface area contributed by atoms with Gasteiger partial charge in [-0.25, -0.2) is 0 Å². The lowest BCUT2D eigenvalue weighted by atomic mass is 10.1. The van der Waals surface area contributed by atoms with Crippen molar-refractivity contribution in [2.24, 2.45) is 0 Å². The fourth-order valence-electron chi connectivity index (χ4n) is 2.23. The van der Waals surface area contributed by atoms with Crippen molar-refractivity contribution >= 4 is 17.5 Å². The predicted molar refractivity (Wildman–Crippen MR) is 87.9 cm³/mol. The van der Waals surface area contributed by atoms with E-state index in [2.05, 4.69) is 20.8 Å². The van der Waals surface area contributed by atoms with Crippen LogP contribution in [0.4, 0.5) is 18.9 Å². The highest BCUT2D eigenvalue weighted by atomic mass is 19.4. The number of halogens is 3. The van der Waals surface area contributed by atoms with Gasteiger partial charge in [0, 0.05) is 11.8 Å². The normalized spacial score (nSPS) is 11.2. The summed E-state index contributed by atoms with van der Waals surface area (Å²) in [6.07, 6.45) is -1.73. The first-order valence-corrected chi connectivity index (χ1v) is 7.67. The van der Waals surface area contributed by atoms with Gasteiger partial charge in [-0.15, -0.1) is 0 Å². The molecule has 0 saturated carbocycles. The first-order chi connectivity index (χ1) is 12.8. The molecular weight excluding hydrogens is 365 g/mol. The fourth-order valence-corrected chi connectivity index (χ4v) is 2.23. The molecule has 0 aliphatic rings. The van der Waals surface area contributed by atoms with Gasteiger partial charge in [-0.2, -0.15) is 18.3 Å². The van der Waals surface area contributed by atoms with Crippen LogP contribution in [-0.4, -0.2) is 22.0 Å². The maximum atomic E-state index is 12.6. The summed E-state index contributed by atoms with van der Waals surface area (Å²) in [4.78, 5) is 24.4. The van der Waals surface area contributed by atoms with Crippen molar-refractivity contribution < 1.29 is 27.2 Å². The van der Waals surface area contributed by atoms with E-state index >= 15 is 0 Å². The summed E-state index contributed by atoms with van der Waals surface area (Å²) in [6, 6.07) is 7.07. The molecule has 0 radical (unpaired) electrons. The number of benzene rings is 1. The van der Waals surface area contributed by atoms with Crippen LogP contribution in [0.15, 0.2) is 53.3 Å². The minimum absolute atomic E-state index is 0.00569. The molecule has 27 heavy (non-hydrogen) atoms. The Morgan fingerprint density at radius 1 is 1.11 bits per heavy atom. The Balaban J connectivity index is 1.66. The van der Waals surface area contributed by atoms with Crippen LogP contribution in [-0.2, 0) is 12.7 Å². The summed E-state index contributed by atoms with van der Waals surface area (Å²) in [5.74, 6) is -0.699. The first kappa shape index (κ1) is 18.2. The molecule has 3 aromatic rings. The van der Waals surface area contributed by atoms with Crippen molar-refractivity contribution in [2.75, 3.05) is 5.32 Å².